The zero-order chi connectivity index (χ0) is 10.3. The van der Waals surface area contributed by atoms with E-state index in [2.05, 4.69) is 5.32 Å². The van der Waals surface area contributed by atoms with Gasteiger partial charge >= 0.3 is 0 Å². The Kier molecular flexibility index (Phi) is 1.89. The van der Waals surface area contributed by atoms with Gasteiger partial charge in [0.05, 0.1) is 11.7 Å². The molecule has 15 heavy (non-hydrogen) atoms. The highest BCUT2D eigenvalue weighted by atomic mass is 16.6. The van der Waals surface area contributed by atoms with Crippen LogP contribution >= 0.6 is 0 Å². The summed E-state index contributed by atoms with van der Waals surface area (Å²) in [6.45, 7) is 0. The smallest absolute Gasteiger partial charge is 0.228 e. The first-order valence-electron chi connectivity index (χ1n) is 5.55. The minimum absolute atomic E-state index is 0.0427. The van der Waals surface area contributed by atoms with Crippen molar-refractivity contribution in [1.29, 1.82) is 0 Å². The molecule has 1 aliphatic heterocycles. The van der Waals surface area contributed by atoms with Gasteiger partial charge in [0.25, 0.3) is 0 Å². The van der Waals surface area contributed by atoms with Gasteiger partial charge in [0.2, 0.25) is 5.79 Å². The van der Waals surface area contributed by atoms with Crippen molar-refractivity contribution in [3.8, 4) is 5.75 Å². The molecule has 1 saturated carbocycles. The highest BCUT2D eigenvalue weighted by molar-refractivity contribution is 5.59. The van der Waals surface area contributed by atoms with E-state index in [9.17, 15) is 5.11 Å². The maximum absolute atomic E-state index is 10.4. The molecule has 0 saturated heterocycles. The van der Waals surface area contributed by atoms with Crippen molar-refractivity contribution in [3.63, 3.8) is 0 Å². The van der Waals surface area contributed by atoms with Gasteiger partial charge in [-0.3, -0.25) is 0 Å². The maximum atomic E-state index is 10.4. The van der Waals surface area contributed by atoms with Crippen LogP contribution in [0.15, 0.2) is 24.3 Å². The first kappa shape index (κ1) is 9.04. The summed E-state index contributed by atoms with van der Waals surface area (Å²) in [5.41, 5.74) is 0.995. The van der Waals surface area contributed by atoms with Gasteiger partial charge in [0, 0.05) is 6.42 Å². The number of fused-ring (bicyclic) bond motifs is 2. The molecule has 1 heterocycles. The molecule has 2 N–H and O–H groups in total. The molecule has 80 valence electrons. The lowest BCUT2D eigenvalue weighted by Gasteiger charge is -2.44. The van der Waals surface area contributed by atoms with Crippen LogP contribution in [0, 0.1) is 0 Å². The number of hydrogen-bond acceptors (Lipinski definition) is 3. The molecule has 0 aromatic heterocycles. The standard InChI is InChI=1S/C12H15NO2/c14-12-8-4-3-7-11(12)13-9-5-1-2-6-10(9)15-12/h1-2,5-6,11,13-14H,3-4,7-8H2. The molecule has 1 fully saturated rings. The number of hydrogen-bond donors (Lipinski definition) is 2. The molecule has 1 aliphatic carbocycles. The summed E-state index contributed by atoms with van der Waals surface area (Å²) in [5.74, 6) is -0.231. The van der Waals surface area contributed by atoms with Crippen LogP contribution in [0.25, 0.3) is 0 Å². The van der Waals surface area contributed by atoms with Crippen molar-refractivity contribution in [2.75, 3.05) is 5.32 Å². The number of nitrogens with one attached hydrogen (secondary N) is 1. The van der Waals surface area contributed by atoms with E-state index in [-0.39, 0.29) is 6.04 Å². The molecule has 2 unspecified atom stereocenters. The molecule has 3 nitrogen and oxygen atoms in total. The van der Waals surface area contributed by atoms with Gasteiger partial charge in [-0.1, -0.05) is 18.6 Å². The van der Waals surface area contributed by atoms with Crippen molar-refractivity contribution in [3.05, 3.63) is 24.3 Å². The monoisotopic (exact) mass is 205 g/mol. The van der Waals surface area contributed by atoms with E-state index in [1.807, 2.05) is 24.3 Å². The second-order valence-corrected chi connectivity index (χ2v) is 4.39. The van der Waals surface area contributed by atoms with Crippen LogP contribution in [0.2, 0.25) is 0 Å². The highest BCUT2D eigenvalue weighted by Gasteiger charge is 2.44. The van der Waals surface area contributed by atoms with E-state index in [0.717, 1.165) is 37.1 Å². The van der Waals surface area contributed by atoms with Gasteiger partial charge in [-0.05, 0) is 25.0 Å². The molecule has 2 aliphatic rings. The number of rotatable bonds is 0. The Hall–Kier alpha value is -1.22. The van der Waals surface area contributed by atoms with Crippen molar-refractivity contribution < 1.29 is 9.84 Å². The molecule has 0 bridgehead atoms. The Labute approximate surface area is 89.1 Å². The topological polar surface area (TPSA) is 41.5 Å². The molecular formula is C12H15NO2. The lowest BCUT2D eigenvalue weighted by Crippen LogP contribution is -2.55. The summed E-state index contributed by atoms with van der Waals surface area (Å²) in [7, 11) is 0. The molecule has 0 radical (unpaired) electrons. The number of aliphatic hydroxyl groups is 1. The Morgan fingerprint density at radius 3 is 3.13 bits per heavy atom. The Balaban J connectivity index is 1.98. The number of anilines is 1. The molecule has 2 atom stereocenters. The van der Waals surface area contributed by atoms with Crippen molar-refractivity contribution in [2.24, 2.45) is 0 Å². The van der Waals surface area contributed by atoms with Crippen molar-refractivity contribution >= 4 is 5.69 Å². The fourth-order valence-electron chi connectivity index (χ4n) is 2.49. The zero-order valence-electron chi connectivity index (χ0n) is 8.57. The van der Waals surface area contributed by atoms with E-state index in [1.54, 1.807) is 0 Å². The molecule has 0 spiro atoms. The second-order valence-electron chi connectivity index (χ2n) is 4.39. The van der Waals surface area contributed by atoms with Gasteiger partial charge in [0.15, 0.2) is 0 Å². The van der Waals surface area contributed by atoms with E-state index in [1.165, 1.54) is 0 Å². The van der Waals surface area contributed by atoms with Crippen LogP contribution in [0.1, 0.15) is 25.7 Å². The number of benzene rings is 1. The molecule has 1 aromatic rings. The average molecular weight is 205 g/mol. The molecule has 3 heteroatoms. The molecule has 0 amide bonds. The minimum atomic E-state index is -0.993. The summed E-state index contributed by atoms with van der Waals surface area (Å²) in [5, 5.41) is 13.7. The maximum Gasteiger partial charge on any atom is 0.228 e. The lowest BCUT2D eigenvalue weighted by atomic mass is 9.87. The van der Waals surface area contributed by atoms with Crippen LogP contribution < -0.4 is 10.1 Å². The number of ether oxygens (including phenoxy) is 1. The lowest BCUT2D eigenvalue weighted by molar-refractivity contribution is -0.170. The third-order valence-corrected chi connectivity index (χ3v) is 3.33. The van der Waals surface area contributed by atoms with Gasteiger partial charge in [-0.25, -0.2) is 0 Å². The van der Waals surface area contributed by atoms with Crippen LogP contribution in [0.3, 0.4) is 0 Å². The summed E-state index contributed by atoms with van der Waals surface area (Å²) in [6.07, 6.45) is 3.90. The average Bonchev–Trinajstić information content (AvgIpc) is 2.25. The van der Waals surface area contributed by atoms with Crippen molar-refractivity contribution in [1.82, 2.24) is 0 Å². The van der Waals surface area contributed by atoms with E-state index in [0.29, 0.717) is 0 Å². The first-order valence-corrected chi connectivity index (χ1v) is 5.55. The van der Waals surface area contributed by atoms with Gasteiger partial charge in [-0.2, -0.15) is 0 Å². The summed E-state index contributed by atoms with van der Waals surface area (Å²) >= 11 is 0. The minimum Gasteiger partial charge on any atom is -0.458 e. The van der Waals surface area contributed by atoms with E-state index >= 15 is 0 Å². The number of para-hydroxylation sites is 2. The molecule has 3 rings (SSSR count). The Bertz CT molecular complexity index is 380. The normalized spacial score (nSPS) is 33.3. The summed E-state index contributed by atoms with van der Waals surface area (Å²) in [4.78, 5) is 0. The highest BCUT2D eigenvalue weighted by Crippen LogP contribution is 2.40. The zero-order valence-corrected chi connectivity index (χ0v) is 8.57. The second kappa shape index (κ2) is 3.14. The van der Waals surface area contributed by atoms with Crippen LogP contribution in [0.5, 0.6) is 5.75 Å². The van der Waals surface area contributed by atoms with Gasteiger partial charge < -0.3 is 15.2 Å². The quantitative estimate of drug-likeness (QED) is 0.681. The van der Waals surface area contributed by atoms with Crippen molar-refractivity contribution in [2.45, 2.75) is 37.5 Å². The third-order valence-electron chi connectivity index (χ3n) is 3.33. The predicted octanol–water partition coefficient (Wildman–Crippen LogP) is 2.12. The molecular weight excluding hydrogens is 190 g/mol. The SMILES string of the molecule is OC12CCCCC1Nc1ccccc1O2. The third kappa shape index (κ3) is 1.38. The fourth-order valence-corrected chi connectivity index (χ4v) is 2.49. The predicted molar refractivity (Wildman–Crippen MR) is 57.9 cm³/mol. The summed E-state index contributed by atoms with van der Waals surface area (Å²) in [6, 6.07) is 7.82. The Morgan fingerprint density at radius 2 is 2.20 bits per heavy atom. The van der Waals surface area contributed by atoms with Crippen LogP contribution in [0.4, 0.5) is 5.69 Å². The van der Waals surface area contributed by atoms with Crippen LogP contribution in [-0.2, 0) is 0 Å². The van der Waals surface area contributed by atoms with E-state index in [4.69, 9.17) is 4.74 Å². The first-order chi connectivity index (χ1) is 7.28. The van der Waals surface area contributed by atoms with Gasteiger partial charge in [-0.15, -0.1) is 0 Å². The van der Waals surface area contributed by atoms with Crippen LogP contribution in [-0.4, -0.2) is 16.9 Å². The van der Waals surface area contributed by atoms with Gasteiger partial charge in [0.1, 0.15) is 5.75 Å². The van der Waals surface area contributed by atoms with E-state index < -0.39 is 5.79 Å². The summed E-state index contributed by atoms with van der Waals surface area (Å²) < 4.78 is 5.72. The Morgan fingerprint density at radius 1 is 1.33 bits per heavy atom. The largest absolute Gasteiger partial charge is 0.458 e. The fraction of sp³-hybridized carbons (Fsp3) is 0.500. The molecule has 1 aromatic carbocycles.